The van der Waals surface area contributed by atoms with Gasteiger partial charge in [-0.3, -0.25) is 24.0 Å². The van der Waals surface area contributed by atoms with Gasteiger partial charge in [0.25, 0.3) is 0 Å². The number of benzene rings is 1. The number of hydrogen-bond acceptors (Lipinski definition) is 6. The summed E-state index contributed by atoms with van der Waals surface area (Å²) < 4.78 is 0. The molecule has 0 aliphatic heterocycles. The highest BCUT2D eigenvalue weighted by Crippen LogP contribution is 2.03. The average molecular weight is 393 g/mol. The topological polar surface area (TPSA) is 194 Å². The van der Waals surface area contributed by atoms with Crippen LogP contribution in [0.4, 0.5) is 0 Å². The maximum absolute atomic E-state index is 12.2. The first kappa shape index (κ1) is 22.6. The van der Waals surface area contributed by atoms with Crippen molar-refractivity contribution in [3.8, 4) is 0 Å². The number of rotatable bonds is 11. The normalized spacial score (nSPS) is 12.3. The fraction of sp³-hybridized carbons (Fsp3) is 0.353. The van der Waals surface area contributed by atoms with Crippen molar-refractivity contribution in [2.75, 3.05) is 13.1 Å². The van der Waals surface area contributed by atoms with Crippen LogP contribution >= 0.6 is 0 Å². The fourth-order valence-electron chi connectivity index (χ4n) is 2.20. The quantitative estimate of drug-likeness (QED) is 0.234. The van der Waals surface area contributed by atoms with Gasteiger partial charge >= 0.3 is 5.97 Å². The summed E-state index contributed by atoms with van der Waals surface area (Å²) >= 11 is 0. The molecule has 0 saturated carbocycles. The third-order valence-electron chi connectivity index (χ3n) is 3.53. The molecule has 0 aliphatic carbocycles. The van der Waals surface area contributed by atoms with E-state index in [2.05, 4.69) is 16.0 Å². The number of nitrogens with one attached hydrogen (secondary N) is 3. The number of nitrogens with two attached hydrogens (primary N) is 2. The molecule has 0 aromatic heterocycles. The van der Waals surface area contributed by atoms with Crippen molar-refractivity contribution in [2.45, 2.75) is 24.9 Å². The summed E-state index contributed by atoms with van der Waals surface area (Å²) in [7, 11) is 0. The first-order valence-electron chi connectivity index (χ1n) is 8.33. The molecule has 1 aromatic carbocycles. The Hall–Kier alpha value is -3.47. The second-order valence-electron chi connectivity index (χ2n) is 5.92. The molecule has 28 heavy (non-hydrogen) atoms. The van der Waals surface area contributed by atoms with Crippen molar-refractivity contribution in [1.29, 1.82) is 0 Å². The van der Waals surface area contributed by atoms with E-state index in [9.17, 15) is 24.0 Å². The Morgan fingerprint density at radius 2 is 1.57 bits per heavy atom. The molecule has 0 bridgehead atoms. The van der Waals surface area contributed by atoms with E-state index in [0.717, 1.165) is 5.56 Å². The lowest BCUT2D eigenvalue weighted by Gasteiger charge is -2.19. The molecule has 152 valence electrons. The third kappa shape index (κ3) is 8.76. The Morgan fingerprint density at radius 1 is 0.964 bits per heavy atom. The first-order valence-corrected chi connectivity index (χ1v) is 8.33. The number of carboxylic acid groups (broad SMARTS) is 1. The van der Waals surface area contributed by atoms with Crippen LogP contribution in [0.2, 0.25) is 0 Å². The van der Waals surface area contributed by atoms with Gasteiger partial charge in [0.05, 0.1) is 19.0 Å². The van der Waals surface area contributed by atoms with E-state index in [1.54, 1.807) is 30.3 Å². The molecule has 1 rings (SSSR count). The molecule has 0 spiro atoms. The Labute approximate surface area is 160 Å². The molecule has 0 aliphatic rings. The molecule has 0 saturated heterocycles. The monoisotopic (exact) mass is 393 g/mol. The van der Waals surface area contributed by atoms with Gasteiger partial charge in [0.1, 0.15) is 12.6 Å². The van der Waals surface area contributed by atoms with Gasteiger partial charge in [-0.05, 0) is 5.56 Å². The second-order valence-corrected chi connectivity index (χ2v) is 5.92. The van der Waals surface area contributed by atoms with Crippen LogP contribution in [0.25, 0.3) is 0 Å². The minimum atomic E-state index is -1.23. The summed E-state index contributed by atoms with van der Waals surface area (Å²) in [6, 6.07) is 6.54. The lowest BCUT2D eigenvalue weighted by atomic mass is 10.1. The van der Waals surface area contributed by atoms with Crippen molar-refractivity contribution in [3.05, 3.63) is 35.9 Å². The molecule has 2 atom stereocenters. The molecule has 8 N–H and O–H groups in total. The zero-order chi connectivity index (χ0) is 21.1. The third-order valence-corrected chi connectivity index (χ3v) is 3.53. The van der Waals surface area contributed by atoms with Crippen molar-refractivity contribution < 1.29 is 29.1 Å². The molecule has 4 amide bonds. The molecule has 1 aromatic rings. The summed E-state index contributed by atoms with van der Waals surface area (Å²) in [5.74, 6) is -4.11. The number of carboxylic acids is 1. The van der Waals surface area contributed by atoms with E-state index in [-0.39, 0.29) is 12.8 Å². The van der Waals surface area contributed by atoms with E-state index < -0.39 is 54.8 Å². The van der Waals surface area contributed by atoms with Gasteiger partial charge in [-0.2, -0.15) is 0 Å². The number of hydrogen-bond donors (Lipinski definition) is 6. The van der Waals surface area contributed by atoms with Gasteiger partial charge in [-0.1, -0.05) is 30.3 Å². The minimum absolute atomic E-state index is 0.118. The van der Waals surface area contributed by atoms with Crippen LogP contribution in [0.5, 0.6) is 0 Å². The maximum atomic E-state index is 12.2. The number of carbonyl (C=O) groups excluding carboxylic acids is 4. The first-order chi connectivity index (χ1) is 13.2. The van der Waals surface area contributed by atoms with Crippen LogP contribution in [-0.4, -0.2) is 59.9 Å². The molecule has 0 fully saturated rings. The van der Waals surface area contributed by atoms with Crippen LogP contribution in [-0.2, 0) is 30.4 Å². The zero-order valence-electron chi connectivity index (χ0n) is 15.0. The lowest BCUT2D eigenvalue weighted by molar-refractivity contribution is -0.138. The second kappa shape index (κ2) is 11.3. The van der Waals surface area contributed by atoms with Crippen molar-refractivity contribution in [3.63, 3.8) is 0 Å². The van der Waals surface area contributed by atoms with Crippen LogP contribution in [0, 0.1) is 0 Å². The summed E-state index contributed by atoms with van der Waals surface area (Å²) in [6.07, 6.45) is -0.255. The predicted octanol–water partition coefficient (Wildman–Crippen LogP) is -2.77. The Morgan fingerprint density at radius 3 is 2.14 bits per heavy atom. The van der Waals surface area contributed by atoms with Gasteiger partial charge in [0, 0.05) is 6.42 Å². The Balaban J connectivity index is 2.66. The molecule has 0 heterocycles. The number of aliphatic carboxylic acids is 1. The zero-order valence-corrected chi connectivity index (χ0v) is 15.0. The van der Waals surface area contributed by atoms with Gasteiger partial charge in [-0.15, -0.1) is 0 Å². The largest absolute Gasteiger partial charge is 0.480 e. The Kier molecular flexibility index (Phi) is 9.10. The molecule has 11 heteroatoms. The Bertz CT molecular complexity index is 724. The highest BCUT2D eigenvalue weighted by Gasteiger charge is 2.23. The van der Waals surface area contributed by atoms with E-state index in [1.165, 1.54) is 0 Å². The van der Waals surface area contributed by atoms with Gasteiger partial charge in [0.15, 0.2) is 0 Å². The summed E-state index contributed by atoms with van der Waals surface area (Å²) in [5, 5.41) is 15.6. The highest BCUT2D eigenvalue weighted by molar-refractivity contribution is 5.93. The van der Waals surface area contributed by atoms with Crippen LogP contribution in [0.1, 0.15) is 12.0 Å². The van der Waals surface area contributed by atoms with Crippen LogP contribution in [0.15, 0.2) is 30.3 Å². The van der Waals surface area contributed by atoms with Crippen molar-refractivity contribution in [1.82, 2.24) is 16.0 Å². The fourth-order valence-corrected chi connectivity index (χ4v) is 2.20. The molecule has 2 unspecified atom stereocenters. The predicted molar refractivity (Wildman–Crippen MR) is 97.5 cm³/mol. The van der Waals surface area contributed by atoms with Gasteiger partial charge in [-0.25, -0.2) is 0 Å². The van der Waals surface area contributed by atoms with Crippen molar-refractivity contribution in [2.24, 2.45) is 11.5 Å². The number of carbonyl (C=O) groups is 5. The average Bonchev–Trinajstić information content (AvgIpc) is 2.63. The van der Waals surface area contributed by atoms with Crippen molar-refractivity contribution >= 4 is 29.6 Å². The standard InChI is InChI=1S/C17H23N5O6/c18-11(7-13(19)23)16(27)20-8-14(24)22-12(17(28)21-9-15(25)26)6-10-4-2-1-3-5-10/h1-5,11-12H,6-9,18H2,(H2,19,23)(H,20,27)(H,21,28)(H,22,24)(H,25,26). The van der Waals surface area contributed by atoms with Gasteiger partial charge < -0.3 is 32.5 Å². The maximum Gasteiger partial charge on any atom is 0.322 e. The molecule has 11 nitrogen and oxygen atoms in total. The van der Waals surface area contributed by atoms with Gasteiger partial charge in [0.2, 0.25) is 23.6 Å². The smallest absolute Gasteiger partial charge is 0.322 e. The number of amides is 4. The van der Waals surface area contributed by atoms with E-state index >= 15 is 0 Å². The highest BCUT2D eigenvalue weighted by atomic mass is 16.4. The van der Waals surface area contributed by atoms with Crippen LogP contribution in [0.3, 0.4) is 0 Å². The molecular weight excluding hydrogens is 370 g/mol. The van der Waals surface area contributed by atoms with E-state index in [1.807, 2.05) is 0 Å². The summed E-state index contributed by atoms with van der Waals surface area (Å²) in [4.78, 5) is 57.4. The minimum Gasteiger partial charge on any atom is -0.480 e. The summed E-state index contributed by atoms with van der Waals surface area (Å²) in [5.41, 5.74) is 11.1. The molecular formula is C17H23N5O6. The molecule has 0 radical (unpaired) electrons. The lowest BCUT2D eigenvalue weighted by Crippen LogP contribution is -2.52. The van der Waals surface area contributed by atoms with E-state index in [4.69, 9.17) is 16.6 Å². The van der Waals surface area contributed by atoms with E-state index in [0.29, 0.717) is 0 Å². The van der Waals surface area contributed by atoms with Crippen LogP contribution < -0.4 is 27.4 Å². The SMILES string of the molecule is NC(=O)CC(N)C(=O)NCC(=O)NC(Cc1ccccc1)C(=O)NCC(=O)O. The summed E-state index contributed by atoms with van der Waals surface area (Å²) in [6.45, 7) is -1.08. The number of primary amides is 1.